The van der Waals surface area contributed by atoms with Crippen molar-refractivity contribution in [3.8, 4) is 11.5 Å². The van der Waals surface area contributed by atoms with Crippen LogP contribution in [0.1, 0.15) is 5.56 Å². The first-order valence-corrected chi connectivity index (χ1v) is 5.62. The Kier molecular flexibility index (Phi) is 5.63. The molecule has 0 atom stereocenters. The van der Waals surface area contributed by atoms with Gasteiger partial charge in [0.15, 0.2) is 0 Å². The Morgan fingerprint density at radius 2 is 1.85 bits per heavy atom. The van der Waals surface area contributed by atoms with Crippen molar-refractivity contribution in [2.24, 2.45) is 5.73 Å². The summed E-state index contributed by atoms with van der Waals surface area (Å²) in [6.07, 6.45) is -4.35. The largest absolute Gasteiger partial charge is 0.497 e. The van der Waals surface area contributed by atoms with Crippen LogP contribution < -0.4 is 15.2 Å². The summed E-state index contributed by atoms with van der Waals surface area (Å²) < 4.78 is 50.1. The molecule has 0 saturated heterocycles. The minimum absolute atomic E-state index is 0.0550. The Balaban J connectivity index is 2.51. The predicted molar refractivity (Wildman–Crippen MR) is 66.4 cm³/mol. The van der Waals surface area contributed by atoms with Crippen LogP contribution in [0.4, 0.5) is 13.2 Å². The molecule has 0 aliphatic heterocycles. The van der Waals surface area contributed by atoms with Gasteiger partial charge in [-0.05, 0) is 12.1 Å². The standard InChI is InChI=1S/C12H15F3N2O3/c1-18-9-4-8(11(16)17)5-10(6-9)20-3-2-19-7-12(13,14)15/h4-6H,2-3,7H2,1H3,(H3,16,17). The number of hydrogen-bond donors (Lipinski definition) is 2. The minimum atomic E-state index is -4.35. The van der Waals surface area contributed by atoms with E-state index in [2.05, 4.69) is 4.74 Å². The molecule has 0 unspecified atom stereocenters. The van der Waals surface area contributed by atoms with Crippen LogP contribution in [-0.2, 0) is 4.74 Å². The van der Waals surface area contributed by atoms with Crippen molar-refractivity contribution in [2.75, 3.05) is 26.9 Å². The van der Waals surface area contributed by atoms with Crippen LogP contribution in [0, 0.1) is 5.41 Å². The third-order valence-corrected chi connectivity index (χ3v) is 2.19. The van der Waals surface area contributed by atoms with Gasteiger partial charge in [0.1, 0.15) is 30.5 Å². The van der Waals surface area contributed by atoms with Gasteiger partial charge in [0, 0.05) is 11.6 Å². The maximum Gasteiger partial charge on any atom is 0.411 e. The molecule has 112 valence electrons. The molecule has 1 aromatic carbocycles. The smallest absolute Gasteiger partial charge is 0.411 e. The highest BCUT2D eigenvalue weighted by Gasteiger charge is 2.27. The second-order valence-electron chi connectivity index (χ2n) is 3.83. The first kappa shape index (κ1) is 16.1. The van der Waals surface area contributed by atoms with E-state index < -0.39 is 12.8 Å². The van der Waals surface area contributed by atoms with E-state index in [0.717, 1.165) is 0 Å². The van der Waals surface area contributed by atoms with Crippen molar-refractivity contribution in [1.82, 2.24) is 0 Å². The number of nitrogens with one attached hydrogen (secondary N) is 1. The number of rotatable bonds is 7. The average Bonchev–Trinajstić information content (AvgIpc) is 2.36. The summed E-state index contributed by atoms with van der Waals surface area (Å²) in [6, 6.07) is 4.58. The molecule has 0 fully saturated rings. The molecule has 1 aromatic rings. The molecule has 0 saturated carbocycles. The summed E-state index contributed by atoms with van der Waals surface area (Å²) in [4.78, 5) is 0. The van der Waals surface area contributed by atoms with E-state index in [1.807, 2.05) is 0 Å². The van der Waals surface area contributed by atoms with Gasteiger partial charge < -0.3 is 19.9 Å². The number of nitrogen functional groups attached to an aromatic ring is 1. The van der Waals surface area contributed by atoms with Crippen LogP contribution >= 0.6 is 0 Å². The summed E-state index contributed by atoms with van der Waals surface area (Å²) >= 11 is 0. The fourth-order valence-corrected chi connectivity index (χ4v) is 1.33. The van der Waals surface area contributed by atoms with Crippen LogP contribution in [0.5, 0.6) is 11.5 Å². The number of methoxy groups -OCH3 is 1. The fraction of sp³-hybridized carbons (Fsp3) is 0.417. The SMILES string of the molecule is COc1cc(OCCOCC(F)(F)F)cc(C(=N)N)c1. The van der Waals surface area contributed by atoms with Crippen molar-refractivity contribution >= 4 is 5.84 Å². The molecule has 20 heavy (non-hydrogen) atoms. The van der Waals surface area contributed by atoms with Gasteiger partial charge in [-0.1, -0.05) is 0 Å². The summed E-state index contributed by atoms with van der Waals surface area (Å²) in [5.74, 6) is 0.608. The van der Waals surface area contributed by atoms with Crippen LogP contribution in [0.25, 0.3) is 0 Å². The fourth-order valence-electron chi connectivity index (χ4n) is 1.33. The molecular weight excluding hydrogens is 277 g/mol. The van der Waals surface area contributed by atoms with Gasteiger partial charge in [-0.3, -0.25) is 5.41 Å². The van der Waals surface area contributed by atoms with Crippen molar-refractivity contribution in [2.45, 2.75) is 6.18 Å². The zero-order chi connectivity index (χ0) is 15.2. The van der Waals surface area contributed by atoms with E-state index in [1.165, 1.54) is 19.2 Å². The van der Waals surface area contributed by atoms with Crippen LogP contribution in [0.2, 0.25) is 0 Å². The third kappa shape index (κ3) is 5.79. The van der Waals surface area contributed by atoms with E-state index in [1.54, 1.807) is 6.07 Å². The lowest BCUT2D eigenvalue weighted by Gasteiger charge is -2.11. The van der Waals surface area contributed by atoms with Crippen molar-refractivity contribution < 1.29 is 27.4 Å². The highest BCUT2D eigenvalue weighted by Crippen LogP contribution is 2.22. The average molecular weight is 292 g/mol. The minimum Gasteiger partial charge on any atom is -0.497 e. The predicted octanol–water partition coefficient (Wildman–Crippen LogP) is 1.94. The molecule has 0 aliphatic rings. The molecule has 5 nitrogen and oxygen atoms in total. The van der Waals surface area contributed by atoms with Gasteiger partial charge in [-0.2, -0.15) is 13.2 Å². The maximum absolute atomic E-state index is 11.8. The zero-order valence-corrected chi connectivity index (χ0v) is 10.8. The monoisotopic (exact) mass is 292 g/mol. The zero-order valence-electron chi connectivity index (χ0n) is 10.8. The Morgan fingerprint density at radius 3 is 2.40 bits per heavy atom. The molecule has 0 spiro atoms. The topological polar surface area (TPSA) is 77.6 Å². The van der Waals surface area contributed by atoms with Crippen molar-refractivity contribution in [3.05, 3.63) is 23.8 Å². The van der Waals surface area contributed by atoms with Gasteiger partial charge in [0.05, 0.1) is 13.7 Å². The van der Waals surface area contributed by atoms with E-state index in [0.29, 0.717) is 17.1 Å². The molecule has 0 aliphatic carbocycles. The number of halogens is 3. The van der Waals surface area contributed by atoms with E-state index in [4.69, 9.17) is 20.6 Å². The number of hydrogen-bond acceptors (Lipinski definition) is 4. The summed E-state index contributed by atoms with van der Waals surface area (Å²) in [5, 5.41) is 7.33. The molecule has 0 heterocycles. The molecule has 0 radical (unpaired) electrons. The number of ether oxygens (including phenoxy) is 3. The highest BCUT2D eigenvalue weighted by atomic mass is 19.4. The Hall–Kier alpha value is -1.96. The van der Waals surface area contributed by atoms with Crippen molar-refractivity contribution in [3.63, 3.8) is 0 Å². The first-order chi connectivity index (χ1) is 9.31. The number of alkyl halides is 3. The lowest BCUT2D eigenvalue weighted by atomic mass is 10.2. The normalized spacial score (nSPS) is 11.2. The molecule has 0 amide bonds. The summed E-state index contributed by atoms with van der Waals surface area (Å²) in [7, 11) is 1.44. The van der Waals surface area contributed by atoms with E-state index in [-0.39, 0.29) is 19.0 Å². The van der Waals surface area contributed by atoms with E-state index >= 15 is 0 Å². The van der Waals surface area contributed by atoms with Gasteiger partial charge in [-0.15, -0.1) is 0 Å². The molecule has 8 heteroatoms. The molecule has 3 N–H and O–H groups in total. The number of nitrogens with two attached hydrogens (primary N) is 1. The summed E-state index contributed by atoms with van der Waals surface area (Å²) in [6.45, 7) is -1.57. The molecule has 0 aromatic heterocycles. The molecule has 0 bridgehead atoms. The molecule has 1 rings (SSSR count). The maximum atomic E-state index is 11.8. The summed E-state index contributed by atoms with van der Waals surface area (Å²) in [5.41, 5.74) is 5.75. The second kappa shape index (κ2) is 6.99. The van der Waals surface area contributed by atoms with Crippen molar-refractivity contribution in [1.29, 1.82) is 5.41 Å². The molecular formula is C12H15F3N2O3. The third-order valence-electron chi connectivity index (χ3n) is 2.19. The second-order valence-corrected chi connectivity index (χ2v) is 3.83. The van der Waals surface area contributed by atoms with Gasteiger partial charge in [-0.25, -0.2) is 0 Å². The van der Waals surface area contributed by atoms with Crippen LogP contribution in [0.15, 0.2) is 18.2 Å². The Bertz CT molecular complexity index is 464. The Morgan fingerprint density at radius 1 is 1.20 bits per heavy atom. The quantitative estimate of drug-likeness (QED) is 0.457. The number of benzene rings is 1. The lowest BCUT2D eigenvalue weighted by molar-refractivity contribution is -0.175. The van der Waals surface area contributed by atoms with Gasteiger partial charge in [0.25, 0.3) is 0 Å². The van der Waals surface area contributed by atoms with Gasteiger partial charge in [0.2, 0.25) is 0 Å². The van der Waals surface area contributed by atoms with Crippen LogP contribution in [0.3, 0.4) is 0 Å². The lowest BCUT2D eigenvalue weighted by Crippen LogP contribution is -2.19. The Labute approximate surface area is 113 Å². The van der Waals surface area contributed by atoms with E-state index in [9.17, 15) is 13.2 Å². The van der Waals surface area contributed by atoms with Crippen LogP contribution in [-0.4, -0.2) is 38.9 Å². The number of amidine groups is 1. The highest BCUT2D eigenvalue weighted by molar-refractivity contribution is 5.95. The van der Waals surface area contributed by atoms with Gasteiger partial charge >= 0.3 is 6.18 Å². The first-order valence-electron chi connectivity index (χ1n) is 5.62.